The normalized spacial score (nSPS) is 22.0. The third-order valence-corrected chi connectivity index (χ3v) is 6.50. The third kappa shape index (κ3) is 5.36. The van der Waals surface area contributed by atoms with Gasteiger partial charge < -0.3 is 19.7 Å². The lowest BCUT2D eigenvalue weighted by molar-refractivity contribution is -0.0413. The van der Waals surface area contributed by atoms with E-state index in [-0.39, 0.29) is 24.3 Å². The topological polar surface area (TPSA) is 80.9 Å². The van der Waals surface area contributed by atoms with Gasteiger partial charge in [-0.25, -0.2) is 19.6 Å². The summed E-state index contributed by atoms with van der Waals surface area (Å²) >= 11 is 6.32. The summed E-state index contributed by atoms with van der Waals surface area (Å²) in [6.07, 6.45) is 5.67. The molecular weight excluding hydrogens is 454 g/mol. The van der Waals surface area contributed by atoms with Crippen molar-refractivity contribution in [2.75, 3.05) is 5.32 Å². The first-order valence-corrected chi connectivity index (χ1v) is 12.0. The van der Waals surface area contributed by atoms with Crippen LogP contribution in [0.25, 0.3) is 4.85 Å². The Balaban J connectivity index is 1.47. The molecule has 2 aliphatic rings. The number of hydrogen-bond donors (Lipinski definition) is 1. The van der Waals surface area contributed by atoms with Crippen LogP contribution in [0.4, 0.5) is 22.0 Å². The van der Waals surface area contributed by atoms with E-state index in [4.69, 9.17) is 27.6 Å². The summed E-state index contributed by atoms with van der Waals surface area (Å²) in [6.45, 7) is 14.7. The van der Waals surface area contributed by atoms with Crippen molar-refractivity contribution >= 4 is 34.9 Å². The van der Waals surface area contributed by atoms with Gasteiger partial charge in [-0.2, -0.15) is 0 Å². The number of amides is 1. The van der Waals surface area contributed by atoms with Crippen LogP contribution < -0.4 is 10.1 Å². The lowest BCUT2D eigenvalue weighted by Gasteiger charge is -2.48. The SMILES string of the molecule is [C-]#[N+]c1ccc(Nc2ncnc(OC3CC4CCCC(C3)N4C(=O)OC(C)(C)C)c2C)c(Cl)c1. The van der Waals surface area contributed by atoms with Gasteiger partial charge in [0.1, 0.15) is 23.9 Å². The molecule has 0 spiro atoms. The molecule has 1 N–H and O–H groups in total. The third-order valence-electron chi connectivity index (χ3n) is 6.19. The Bertz CT molecular complexity index is 1100. The van der Waals surface area contributed by atoms with Gasteiger partial charge in [0.15, 0.2) is 5.69 Å². The molecule has 3 heterocycles. The van der Waals surface area contributed by atoms with Crippen LogP contribution in [0.5, 0.6) is 5.88 Å². The first-order chi connectivity index (χ1) is 16.1. The van der Waals surface area contributed by atoms with Crippen molar-refractivity contribution in [1.29, 1.82) is 0 Å². The fourth-order valence-electron chi connectivity index (χ4n) is 4.68. The lowest BCUT2D eigenvalue weighted by Crippen LogP contribution is -2.57. The van der Waals surface area contributed by atoms with Gasteiger partial charge in [0.05, 0.1) is 22.8 Å². The number of nitrogens with zero attached hydrogens (tertiary/aromatic N) is 4. The molecule has 4 rings (SSSR count). The zero-order valence-electron chi connectivity index (χ0n) is 20.0. The van der Waals surface area contributed by atoms with Crippen molar-refractivity contribution in [3.8, 4) is 5.88 Å². The summed E-state index contributed by atoms with van der Waals surface area (Å²) in [4.78, 5) is 26.9. The van der Waals surface area contributed by atoms with E-state index < -0.39 is 5.60 Å². The summed E-state index contributed by atoms with van der Waals surface area (Å²) in [5, 5.41) is 3.66. The largest absolute Gasteiger partial charge is 0.474 e. The van der Waals surface area contributed by atoms with E-state index in [9.17, 15) is 4.79 Å². The molecule has 0 aliphatic carbocycles. The predicted octanol–water partition coefficient (Wildman–Crippen LogP) is 6.43. The van der Waals surface area contributed by atoms with Crippen LogP contribution in [0.1, 0.15) is 58.4 Å². The second-order valence-corrected chi connectivity index (χ2v) is 10.3. The highest BCUT2D eigenvalue weighted by Crippen LogP contribution is 2.38. The maximum atomic E-state index is 12.8. The van der Waals surface area contributed by atoms with Crippen LogP contribution in [-0.4, -0.2) is 44.7 Å². The molecule has 1 aromatic heterocycles. The molecular formula is C25H30ClN5O3. The second-order valence-electron chi connectivity index (χ2n) is 9.89. The van der Waals surface area contributed by atoms with Crippen molar-refractivity contribution in [3.63, 3.8) is 0 Å². The number of ether oxygens (including phenoxy) is 2. The van der Waals surface area contributed by atoms with E-state index in [0.717, 1.165) is 37.7 Å². The Labute approximate surface area is 205 Å². The first kappa shape index (κ1) is 24.1. The number of rotatable bonds is 4. The molecule has 1 aromatic carbocycles. The van der Waals surface area contributed by atoms with E-state index in [1.54, 1.807) is 18.2 Å². The van der Waals surface area contributed by atoms with Gasteiger partial charge in [-0.15, -0.1) is 0 Å². The molecule has 2 saturated heterocycles. The first-order valence-electron chi connectivity index (χ1n) is 11.6. The number of carbonyl (C=O) groups is 1. The quantitative estimate of drug-likeness (QED) is 0.504. The Morgan fingerprint density at radius 1 is 1.24 bits per heavy atom. The zero-order valence-corrected chi connectivity index (χ0v) is 20.7. The van der Waals surface area contributed by atoms with E-state index >= 15 is 0 Å². The molecule has 8 nitrogen and oxygen atoms in total. The maximum absolute atomic E-state index is 12.8. The number of hydrogen-bond acceptors (Lipinski definition) is 6. The number of aromatic nitrogens is 2. The smallest absolute Gasteiger partial charge is 0.410 e. The fraction of sp³-hybridized carbons (Fsp3) is 0.520. The van der Waals surface area contributed by atoms with Gasteiger partial charge in [0.25, 0.3) is 0 Å². The number of nitrogens with one attached hydrogen (secondary N) is 1. The number of benzene rings is 1. The molecule has 2 unspecified atom stereocenters. The average molecular weight is 484 g/mol. The molecule has 180 valence electrons. The van der Waals surface area contributed by atoms with Crippen LogP contribution in [0, 0.1) is 13.5 Å². The maximum Gasteiger partial charge on any atom is 0.410 e. The van der Waals surface area contributed by atoms with Gasteiger partial charge in [0.2, 0.25) is 5.88 Å². The molecule has 34 heavy (non-hydrogen) atoms. The van der Waals surface area contributed by atoms with Crippen molar-refractivity contribution in [2.24, 2.45) is 0 Å². The molecule has 9 heteroatoms. The van der Waals surface area contributed by atoms with Crippen molar-refractivity contribution in [2.45, 2.75) is 83.6 Å². The molecule has 0 radical (unpaired) electrons. The van der Waals surface area contributed by atoms with Crippen molar-refractivity contribution in [3.05, 3.63) is 46.5 Å². The van der Waals surface area contributed by atoms with Crippen LogP contribution >= 0.6 is 11.6 Å². The molecule has 2 bridgehead atoms. The summed E-state index contributed by atoms with van der Waals surface area (Å²) in [5.74, 6) is 1.11. The van der Waals surface area contributed by atoms with Crippen molar-refractivity contribution in [1.82, 2.24) is 14.9 Å². The Morgan fingerprint density at radius 3 is 2.56 bits per heavy atom. The minimum atomic E-state index is -0.514. The Hall–Kier alpha value is -3.05. The molecule has 2 atom stereocenters. The number of piperidine rings is 2. The minimum Gasteiger partial charge on any atom is -0.474 e. The van der Waals surface area contributed by atoms with E-state index in [0.29, 0.717) is 28.1 Å². The van der Waals surface area contributed by atoms with E-state index in [1.165, 1.54) is 6.33 Å². The lowest BCUT2D eigenvalue weighted by atomic mass is 9.83. The number of anilines is 2. The van der Waals surface area contributed by atoms with Gasteiger partial charge >= 0.3 is 6.09 Å². The summed E-state index contributed by atoms with van der Waals surface area (Å²) in [7, 11) is 0. The summed E-state index contributed by atoms with van der Waals surface area (Å²) in [6, 6.07) is 5.28. The zero-order chi connectivity index (χ0) is 24.5. The van der Waals surface area contributed by atoms with Crippen LogP contribution in [0.15, 0.2) is 24.5 Å². The molecule has 2 aliphatic heterocycles. The molecule has 1 amide bonds. The number of fused-ring (bicyclic) bond motifs is 2. The standard InChI is InChI=1S/C25H30ClN5O3/c1-15-22(30-21-10-9-16(27-5)11-20(21)26)28-14-29-23(15)33-19-12-17-7-6-8-18(13-19)31(17)24(32)34-25(2,3)4/h9-11,14,17-19H,6-8,12-13H2,1-4H3,(H,28,29,30). The van der Waals surface area contributed by atoms with Crippen LogP contribution in [0.3, 0.4) is 0 Å². The highest BCUT2D eigenvalue weighted by Gasteiger charge is 2.43. The van der Waals surface area contributed by atoms with Gasteiger partial charge in [-0.1, -0.05) is 17.7 Å². The predicted molar refractivity (Wildman–Crippen MR) is 131 cm³/mol. The van der Waals surface area contributed by atoms with Crippen LogP contribution in [0.2, 0.25) is 5.02 Å². The Morgan fingerprint density at radius 2 is 1.94 bits per heavy atom. The fourth-order valence-corrected chi connectivity index (χ4v) is 4.90. The highest BCUT2D eigenvalue weighted by atomic mass is 35.5. The van der Waals surface area contributed by atoms with Crippen molar-refractivity contribution < 1.29 is 14.3 Å². The molecule has 2 fully saturated rings. The van der Waals surface area contributed by atoms with E-state index in [1.807, 2.05) is 32.6 Å². The van der Waals surface area contributed by atoms with E-state index in [2.05, 4.69) is 20.1 Å². The number of halogens is 1. The average Bonchev–Trinajstić information content (AvgIpc) is 2.76. The molecule has 0 saturated carbocycles. The van der Waals surface area contributed by atoms with Crippen LogP contribution in [-0.2, 0) is 4.74 Å². The summed E-state index contributed by atoms with van der Waals surface area (Å²) in [5.41, 5.74) is 1.39. The second kappa shape index (κ2) is 9.67. The number of carbonyl (C=O) groups excluding carboxylic acids is 1. The molecule has 2 aromatic rings. The Kier molecular flexibility index (Phi) is 6.85. The minimum absolute atomic E-state index is 0.0445. The van der Waals surface area contributed by atoms with Gasteiger partial charge in [-0.3, -0.25) is 0 Å². The highest BCUT2D eigenvalue weighted by molar-refractivity contribution is 6.33. The van der Waals surface area contributed by atoms with Gasteiger partial charge in [0, 0.05) is 24.9 Å². The summed E-state index contributed by atoms with van der Waals surface area (Å²) < 4.78 is 12.0. The monoisotopic (exact) mass is 483 g/mol. The van der Waals surface area contributed by atoms with Gasteiger partial charge in [-0.05, 0) is 59.1 Å².